The maximum absolute atomic E-state index is 4.48. The molecule has 0 aliphatic heterocycles. The molecule has 0 unspecified atom stereocenters. The summed E-state index contributed by atoms with van der Waals surface area (Å²) in [6, 6.07) is 12.6. The second-order valence-electron chi connectivity index (χ2n) is 3.66. The molecule has 0 amide bonds. The SMILES string of the molecule is Brc1ccc2c(ccc3cc(Br)cnc32)c1. The minimum absolute atomic E-state index is 1.01. The van der Waals surface area contributed by atoms with Crippen LogP contribution < -0.4 is 0 Å². The first-order chi connectivity index (χ1) is 7.74. The Morgan fingerprint density at radius 2 is 1.56 bits per heavy atom. The highest BCUT2D eigenvalue weighted by atomic mass is 79.9. The van der Waals surface area contributed by atoms with Crippen molar-refractivity contribution in [2.45, 2.75) is 0 Å². The molecule has 2 aromatic carbocycles. The van der Waals surface area contributed by atoms with E-state index in [1.807, 2.05) is 12.3 Å². The van der Waals surface area contributed by atoms with Crippen LogP contribution in [0.25, 0.3) is 21.7 Å². The molecule has 0 spiro atoms. The number of pyridine rings is 1. The van der Waals surface area contributed by atoms with Crippen LogP contribution in [0.2, 0.25) is 0 Å². The predicted molar refractivity (Wildman–Crippen MR) is 74.6 cm³/mol. The van der Waals surface area contributed by atoms with Gasteiger partial charge in [0.15, 0.2) is 0 Å². The minimum atomic E-state index is 1.01. The molecule has 0 radical (unpaired) electrons. The molecule has 16 heavy (non-hydrogen) atoms. The normalized spacial score (nSPS) is 11.1. The number of hydrogen-bond donors (Lipinski definition) is 0. The summed E-state index contributed by atoms with van der Waals surface area (Å²) in [4.78, 5) is 4.48. The Kier molecular flexibility index (Phi) is 2.45. The van der Waals surface area contributed by atoms with Crippen LogP contribution in [-0.2, 0) is 0 Å². The molecular weight excluding hydrogens is 330 g/mol. The fraction of sp³-hybridized carbons (Fsp3) is 0. The summed E-state index contributed by atoms with van der Waals surface area (Å²) in [5.74, 6) is 0. The predicted octanol–water partition coefficient (Wildman–Crippen LogP) is 4.91. The number of halogens is 2. The molecule has 0 aliphatic rings. The maximum Gasteiger partial charge on any atom is 0.0781 e. The summed E-state index contributed by atoms with van der Waals surface area (Å²) < 4.78 is 2.10. The van der Waals surface area contributed by atoms with E-state index < -0.39 is 0 Å². The van der Waals surface area contributed by atoms with Crippen LogP contribution in [0.5, 0.6) is 0 Å². The van der Waals surface area contributed by atoms with Gasteiger partial charge in [-0.1, -0.05) is 34.1 Å². The molecule has 1 aromatic heterocycles. The van der Waals surface area contributed by atoms with Gasteiger partial charge < -0.3 is 0 Å². The van der Waals surface area contributed by atoms with Crippen molar-refractivity contribution in [2.24, 2.45) is 0 Å². The Hall–Kier alpha value is -0.930. The summed E-state index contributed by atoms with van der Waals surface area (Å²) >= 11 is 6.92. The second-order valence-corrected chi connectivity index (χ2v) is 5.49. The molecule has 0 atom stereocenters. The lowest BCUT2D eigenvalue weighted by molar-refractivity contribution is 1.40. The van der Waals surface area contributed by atoms with Crippen LogP contribution in [0, 0.1) is 0 Å². The molecule has 0 saturated heterocycles. The van der Waals surface area contributed by atoms with Crippen molar-refractivity contribution in [3.63, 3.8) is 0 Å². The van der Waals surface area contributed by atoms with Gasteiger partial charge in [-0.05, 0) is 39.5 Å². The van der Waals surface area contributed by atoms with Crippen LogP contribution in [0.3, 0.4) is 0 Å². The highest BCUT2D eigenvalue weighted by Crippen LogP contribution is 2.27. The highest BCUT2D eigenvalue weighted by molar-refractivity contribution is 9.10. The zero-order valence-corrected chi connectivity index (χ0v) is 11.4. The molecule has 1 heterocycles. The van der Waals surface area contributed by atoms with E-state index >= 15 is 0 Å². The third-order valence-electron chi connectivity index (χ3n) is 2.59. The van der Waals surface area contributed by atoms with Crippen molar-refractivity contribution >= 4 is 53.5 Å². The van der Waals surface area contributed by atoms with Gasteiger partial charge in [-0.2, -0.15) is 0 Å². The molecule has 1 nitrogen and oxygen atoms in total. The first-order valence-corrected chi connectivity index (χ1v) is 6.46. The summed E-state index contributed by atoms with van der Waals surface area (Å²) in [5, 5.41) is 3.55. The van der Waals surface area contributed by atoms with Gasteiger partial charge in [-0.3, -0.25) is 4.98 Å². The minimum Gasteiger partial charge on any atom is -0.254 e. The van der Waals surface area contributed by atoms with Crippen LogP contribution in [0.4, 0.5) is 0 Å². The van der Waals surface area contributed by atoms with Crippen molar-refractivity contribution in [2.75, 3.05) is 0 Å². The third-order valence-corrected chi connectivity index (χ3v) is 3.52. The number of fused-ring (bicyclic) bond motifs is 3. The number of aromatic nitrogens is 1. The summed E-state index contributed by atoms with van der Waals surface area (Å²) in [5.41, 5.74) is 1.05. The summed E-state index contributed by atoms with van der Waals surface area (Å²) in [7, 11) is 0. The van der Waals surface area contributed by atoms with Gasteiger partial charge in [0.05, 0.1) is 5.52 Å². The molecule has 0 N–H and O–H groups in total. The molecule has 3 heteroatoms. The largest absolute Gasteiger partial charge is 0.254 e. The van der Waals surface area contributed by atoms with Gasteiger partial charge in [0, 0.05) is 25.9 Å². The molecule has 3 aromatic rings. The van der Waals surface area contributed by atoms with E-state index in [-0.39, 0.29) is 0 Å². The lowest BCUT2D eigenvalue weighted by Gasteiger charge is -2.03. The van der Waals surface area contributed by atoms with Crippen LogP contribution in [0.1, 0.15) is 0 Å². The van der Waals surface area contributed by atoms with Gasteiger partial charge in [-0.25, -0.2) is 0 Å². The van der Waals surface area contributed by atoms with E-state index in [0.29, 0.717) is 0 Å². The Balaban J connectivity index is 2.50. The fourth-order valence-electron chi connectivity index (χ4n) is 1.87. The number of benzene rings is 2. The van der Waals surface area contributed by atoms with Crippen molar-refractivity contribution in [1.29, 1.82) is 0 Å². The second kappa shape index (κ2) is 3.82. The molecule has 0 fully saturated rings. The Labute approximate surface area is 110 Å². The first-order valence-electron chi connectivity index (χ1n) is 4.87. The molecular formula is C13H7Br2N. The topological polar surface area (TPSA) is 12.9 Å². The number of hydrogen-bond acceptors (Lipinski definition) is 1. The summed E-state index contributed by atoms with van der Waals surface area (Å²) in [6.45, 7) is 0. The first kappa shape index (κ1) is 10.2. The zero-order chi connectivity index (χ0) is 11.1. The van der Waals surface area contributed by atoms with Crippen molar-refractivity contribution in [3.8, 4) is 0 Å². The Bertz CT molecular complexity index is 631. The molecule has 3 rings (SSSR count). The number of rotatable bonds is 0. The zero-order valence-electron chi connectivity index (χ0n) is 8.24. The van der Waals surface area contributed by atoms with E-state index in [1.54, 1.807) is 0 Å². The third kappa shape index (κ3) is 1.64. The summed E-state index contributed by atoms with van der Waals surface area (Å²) in [6.07, 6.45) is 1.84. The molecule has 78 valence electrons. The van der Waals surface area contributed by atoms with Crippen LogP contribution in [0.15, 0.2) is 51.5 Å². The van der Waals surface area contributed by atoms with Crippen LogP contribution in [-0.4, -0.2) is 4.98 Å². The monoisotopic (exact) mass is 335 g/mol. The molecule has 0 bridgehead atoms. The van der Waals surface area contributed by atoms with Crippen molar-refractivity contribution < 1.29 is 0 Å². The number of nitrogens with zero attached hydrogens (tertiary/aromatic N) is 1. The van der Waals surface area contributed by atoms with Crippen molar-refractivity contribution in [3.05, 3.63) is 51.5 Å². The fourth-order valence-corrected chi connectivity index (χ4v) is 2.60. The van der Waals surface area contributed by atoms with Gasteiger partial charge in [0.1, 0.15) is 0 Å². The molecule has 0 saturated carbocycles. The average Bonchev–Trinajstić information content (AvgIpc) is 2.28. The van der Waals surface area contributed by atoms with Gasteiger partial charge in [0.2, 0.25) is 0 Å². The van der Waals surface area contributed by atoms with Gasteiger partial charge in [-0.15, -0.1) is 0 Å². The Morgan fingerprint density at radius 3 is 2.44 bits per heavy atom. The maximum atomic E-state index is 4.48. The lowest BCUT2D eigenvalue weighted by atomic mass is 10.1. The van der Waals surface area contributed by atoms with E-state index in [0.717, 1.165) is 19.8 Å². The van der Waals surface area contributed by atoms with Crippen molar-refractivity contribution in [1.82, 2.24) is 4.98 Å². The lowest BCUT2D eigenvalue weighted by Crippen LogP contribution is -1.82. The van der Waals surface area contributed by atoms with E-state index in [2.05, 4.69) is 67.2 Å². The van der Waals surface area contributed by atoms with Gasteiger partial charge in [0.25, 0.3) is 0 Å². The Morgan fingerprint density at radius 1 is 0.812 bits per heavy atom. The van der Waals surface area contributed by atoms with E-state index in [9.17, 15) is 0 Å². The smallest absolute Gasteiger partial charge is 0.0781 e. The van der Waals surface area contributed by atoms with E-state index in [1.165, 1.54) is 10.8 Å². The average molecular weight is 337 g/mol. The van der Waals surface area contributed by atoms with Gasteiger partial charge >= 0.3 is 0 Å². The standard InChI is InChI=1S/C13H7Br2N/c14-10-3-4-12-8(5-10)1-2-9-6-11(15)7-16-13(9)12/h1-7H. The highest BCUT2D eigenvalue weighted by Gasteiger charge is 2.02. The molecule has 0 aliphatic carbocycles. The quantitative estimate of drug-likeness (QED) is 0.531. The van der Waals surface area contributed by atoms with E-state index in [4.69, 9.17) is 0 Å². The van der Waals surface area contributed by atoms with Crippen LogP contribution >= 0.6 is 31.9 Å².